The highest BCUT2D eigenvalue weighted by Crippen LogP contribution is 2.34. The van der Waals surface area contributed by atoms with Crippen LogP contribution in [-0.4, -0.2) is 20.6 Å². The molecule has 0 saturated heterocycles. The fourth-order valence-corrected chi connectivity index (χ4v) is 2.87. The lowest BCUT2D eigenvalue weighted by Gasteiger charge is -2.21. The summed E-state index contributed by atoms with van der Waals surface area (Å²) in [5, 5.41) is 9.11. The van der Waals surface area contributed by atoms with Crippen molar-refractivity contribution < 1.29 is 14.6 Å². The van der Waals surface area contributed by atoms with E-state index in [2.05, 4.69) is 4.98 Å². The van der Waals surface area contributed by atoms with E-state index in [0.717, 1.165) is 11.1 Å². The minimum absolute atomic E-state index is 0.111. The summed E-state index contributed by atoms with van der Waals surface area (Å²) >= 11 is 0. The van der Waals surface area contributed by atoms with Gasteiger partial charge in [0.2, 0.25) is 5.75 Å². The van der Waals surface area contributed by atoms with Crippen LogP contribution in [0.25, 0.3) is 16.9 Å². The minimum atomic E-state index is -1.59. The number of benzene rings is 1. The smallest absolute Gasteiger partial charge is 0.449 e. The van der Waals surface area contributed by atoms with E-state index in [1.807, 2.05) is 45.9 Å². The van der Waals surface area contributed by atoms with Crippen LogP contribution in [0.15, 0.2) is 41.3 Å². The van der Waals surface area contributed by atoms with E-state index in [4.69, 9.17) is 15.6 Å². The molecular weight excluding hydrogens is 346 g/mol. The molecule has 0 amide bonds. The SMILES string of the molecule is Cc1cccn2c(=O)c(OC(=O)O)c(-c3cc(C(C)(C)C)ccc3N)nc12. The van der Waals surface area contributed by atoms with Crippen molar-refractivity contribution in [3.05, 3.63) is 58.0 Å². The molecule has 0 atom stereocenters. The number of hydrogen-bond acceptors (Lipinski definition) is 5. The van der Waals surface area contributed by atoms with Crippen LogP contribution in [0.5, 0.6) is 5.75 Å². The molecule has 27 heavy (non-hydrogen) atoms. The molecule has 0 fully saturated rings. The first-order valence-electron chi connectivity index (χ1n) is 8.42. The molecule has 0 radical (unpaired) electrons. The summed E-state index contributed by atoms with van der Waals surface area (Å²) in [5.74, 6) is -0.372. The van der Waals surface area contributed by atoms with Gasteiger partial charge in [-0.1, -0.05) is 32.9 Å². The van der Waals surface area contributed by atoms with E-state index in [1.165, 1.54) is 10.6 Å². The number of pyridine rings is 1. The van der Waals surface area contributed by atoms with Crippen molar-refractivity contribution in [2.45, 2.75) is 33.1 Å². The van der Waals surface area contributed by atoms with Crippen LogP contribution in [0.1, 0.15) is 31.9 Å². The third kappa shape index (κ3) is 3.36. The molecule has 0 bridgehead atoms. The Kier molecular flexibility index (Phi) is 4.39. The monoisotopic (exact) mass is 367 g/mol. The number of carbonyl (C=O) groups is 1. The lowest BCUT2D eigenvalue weighted by molar-refractivity contribution is 0.144. The largest absolute Gasteiger partial charge is 0.511 e. The minimum Gasteiger partial charge on any atom is -0.449 e. The van der Waals surface area contributed by atoms with Crippen LogP contribution in [0.3, 0.4) is 0 Å². The fourth-order valence-electron chi connectivity index (χ4n) is 2.87. The van der Waals surface area contributed by atoms with Gasteiger partial charge in [-0.05, 0) is 41.7 Å². The summed E-state index contributed by atoms with van der Waals surface area (Å²) in [7, 11) is 0. The molecule has 3 aromatic rings. The van der Waals surface area contributed by atoms with Crippen LogP contribution < -0.4 is 16.0 Å². The first-order valence-corrected chi connectivity index (χ1v) is 8.42. The zero-order valence-corrected chi connectivity index (χ0v) is 15.6. The van der Waals surface area contributed by atoms with Crippen LogP contribution in [0.2, 0.25) is 0 Å². The van der Waals surface area contributed by atoms with E-state index >= 15 is 0 Å². The van der Waals surface area contributed by atoms with Gasteiger partial charge in [-0.3, -0.25) is 9.20 Å². The molecule has 3 N–H and O–H groups in total. The molecule has 2 heterocycles. The third-order valence-corrected chi connectivity index (χ3v) is 4.37. The zero-order valence-electron chi connectivity index (χ0n) is 15.6. The number of aryl methyl sites for hydroxylation is 1. The molecule has 0 saturated carbocycles. The van der Waals surface area contributed by atoms with Crippen molar-refractivity contribution in [2.24, 2.45) is 0 Å². The van der Waals surface area contributed by atoms with Gasteiger partial charge in [0.05, 0.1) is 0 Å². The third-order valence-electron chi connectivity index (χ3n) is 4.37. The molecule has 3 rings (SSSR count). The first-order chi connectivity index (χ1) is 12.6. The van der Waals surface area contributed by atoms with Crippen molar-refractivity contribution >= 4 is 17.5 Å². The van der Waals surface area contributed by atoms with Crippen LogP contribution in [0, 0.1) is 6.92 Å². The van der Waals surface area contributed by atoms with Gasteiger partial charge < -0.3 is 15.6 Å². The topological polar surface area (TPSA) is 107 Å². The highest BCUT2D eigenvalue weighted by atomic mass is 16.7. The van der Waals surface area contributed by atoms with Crippen molar-refractivity contribution in [1.29, 1.82) is 0 Å². The number of fused-ring (bicyclic) bond motifs is 1. The number of nitrogens with two attached hydrogens (primary N) is 1. The zero-order chi connectivity index (χ0) is 19.9. The van der Waals surface area contributed by atoms with Crippen LogP contribution in [0.4, 0.5) is 10.5 Å². The second-order valence-electron chi connectivity index (χ2n) is 7.40. The van der Waals surface area contributed by atoms with E-state index in [-0.39, 0.29) is 16.9 Å². The maximum absolute atomic E-state index is 12.9. The molecule has 7 nitrogen and oxygen atoms in total. The van der Waals surface area contributed by atoms with Gasteiger partial charge in [0.25, 0.3) is 0 Å². The van der Waals surface area contributed by atoms with E-state index in [1.54, 1.807) is 12.1 Å². The van der Waals surface area contributed by atoms with Crippen LogP contribution >= 0.6 is 0 Å². The summed E-state index contributed by atoms with van der Waals surface area (Å²) in [6.07, 6.45) is -0.0706. The van der Waals surface area contributed by atoms with Crippen molar-refractivity contribution in [3.63, 3.8) is 0 Å². The number of ether oxygens (including phenoxy) is 1. The molecule has 0 aliphatic heterocycles. The standard InChI is InChI=1S/C20H21N3O4/c1-11-6-5-9-23-17(11)22-15(16(18(23)24)27-19(25)26)13-10-12(20(2,3)4)7-8-14(13)21/h5-10H,21H2,1-4H3,(H,25,26). The van der Waals surface area contributed by atoms with Gasteiger partial charge in [0.15, 0.2) is 0 Å². The van der Waals surface area contributed by atoms with Gasteiger partial charge in [-0.25, -0.2) is 9.78 Å². The predicted molar refractivity (Wildman–Crippen MR) is 103 cm³/mol. The Bertz CT molecular complexity index is 1110. The first kappa shape index (κ1) is 18.4. The fraction of sp³-hybridized carbons (Fsp3) is 0.250. The maximum Gasteiger partial charge on any atom is 0.511 e. The molecule has 0 aliphatic carbocycles. The quantitative estimate of drug-likeness (QED) is 0.529. The van der Waals surface area contributed by atoms with Crippen molar-refractivity contribution in [2.75, 3.05) is 5.73 Å². The van der Waals surface area contributed by atoms with E-state index in [9.17, 15) is 9.59 Å². The maximum atomic E-state index is 12.9. The van der Waals surface area contributed by atoms with Gasteiger partial charge in [-0.2, -0.15) is 0 Å². The second-order valence-corrected chi connectivity index (χ2v) is 7.40. The van der Waals surface area contributed by atoms with Crippen molar-refractivity contribution in [1.82, 2.24) is 9.38 Å². The number of carboxylic acid groups (broad SMARTS) is 1. The lowest BCUT2D eigenvalue weighted by Crippen LogP contribution is -2.22. The number of nitrogens with zero attached hydrogens (tertiary/aromatic N) is 2. The Morgan fingerprint density at radius 2 is 1.96 bits per heavy atom. The Hall–Kier alpha value is -3.35. The molecular formula is C20H21N3O4. The van der Waals surface area contributed by atoms with Gasteiger partial charge in [-0.15, -0.1) is 0 Å². The van der Waals surface area contributed by atoms with Crippen LogP contribution in [-0.2, 0) is 5.41 Å². The molecule has 1 aromatic carbocycles. The predicted octanol–water partition coefficient (Wildman–Crippen LogP) is 3.61. The van der Waals surface area contributed by atoms with Gasteiger partial charge in [0, 0.05) is 17.4 Å². The number of nitrogen functional groups attached to an aromatic ring is 1. The lowest BCUT2D eigenvalue weighted by atomic mass is 9.85. The molecule has 0 aliphatic rings. The average molecular weight is 367 g/mol. The molecule has 2 aromatic heterocycles. The number of aromatic nitrogens is 2. The van der Waals surface area contributed by atoms with Gasteiger partial charge >= 0.3 is 11.7 Å². The summed E-state index contributed by atoms with van der Waals surface area (Å²) < 4.78 is 6.09. The Morgan fingerprint density at radius 1 is 1.26 bits per heavy atom. The second kappa shape index (κ2) is 6.42. The number of rotatable bonds is 2. The summed E-state index contributed by atoms with van der Waals surface area (Å²) in [6, 6.07) is 8.94. The summed E-state index contributed by atoms with van der Waals surface area (Å²) in [5.41, 5.74) is 8.47. The highest BCUT2D eigenvalue weighted by molar-refractivity contribution is 5.81. The molecule has 140 valence electrons. The van der Waals surface area contributed by atoms with Gasteiger partial charge in [0.1, 0.15) is 11.3 Å². The number of anilines is 1. The summed E-state index contributed by atoms with van der Waals surface area (Å²) in [4.78, 5) is 28.6. The van der Waals surface area contributed by atoms with E-state index in [0.29, 0.717) is 16.9 Å². The highest BCUT2D eigenvalue weighted by Gasteiger charge is 2.23. The number of hydrogen-bond donors (Lipinski definition) is 2. The molecule has 7 heteroatoms. The molecule has 0 unspecified atom stereocenters. The average Bonchev–Trinajstić information content (AvgIpc) is 2.57. The van der Waals surface area contributed by atoms with Crippen molar-refractivity contribution in [3.8, 4) is 17.0 Å². The van der Waals surface area contributed by atoms with E-state index < -0.39 is 11.7 Å². The molecule has 0 spiro atoms. The Morgan fingerprint density at radius 3 is 2.59 bits per heavy atom. The summed E-state index contributed by atoms with van der Waals surface area (Å²) in [6.45, 7) is 7.95. The Balaban J connectivity index is 2.42. The normalized spacial score (nSPS) is 11.6. The Labute approximate surface area is 156 Å².